The third kappa shape index (κ3) is 2.98. The molecule has 0 bridgehead atoms. The summed E-state index contributed by atoms with van der Waals surface area (Å²) in [6.45, 7) is 0. The van der Waals surface area contributed by atoms with Crippen molar-refractivity contribution in [1.29, 1.82) is 5.26 Å². The van der Waals surface area contributed by atoms with Crippen molar-refractivity contribution in [2.75, 3.05) is 20.4 Å². The van der Waals surface area contributed by atoms with Gasteiger partial charge in [-0.3, -0.25) is 4.58 Å². The topological polar surface area (TPSA) is 38.8 Å². The maximum atomic E-state index is 8.19. The molecule has 0 aromatic carbocycles. The SMILES string of the molecule is CSC(NC#N)=[N+](C)C. The standard InChI is InChI=1S/C5H9N3S/c1-8(2)5(9-3)7-4-6/h1-3H3/p+1. The maximum Gasteiger partial charge on any atom is 0.320 e. The summed E-state index contributed by atoms with van der Waals surface area (Å²) in [5, 5.41) is 11.6. The quantitative estimate of drug-likeness (QED) is 0.172. The second kappa shape index (κ2) is 4.21. The lowest BCUT2D eigenvalue weighted by Gasteiger charge is -1.93. The molecule has 0 rings (SSSR count). The molecular formula is C5H10N3S+. The first kappa shape index (κ1) is 8.31. The lowest BCUT2D eigenvalue weighted by Crippen LogP contribution is -2.22. The van der Waals surface area contributed by atoms with Crippen LogP contribution in [0.2, 0.25) is 0 Å². The molecule has 0 aliphatic carbocycles. The van der Waals surface area contributed by atoms with Gasteiger partial charge in [0.15, 0.2) is 0 Å². The van der Waals surface area contributed by atoms with Crippen LogP contribution in [0.15, 0.2) is 0 Å². The van der Waals surface area contributed by atoms with Gasteiger partial charge in [-0.25, -0.2) is 0 Å². The third-order valence-electron chi connectivity index (χ3n) is 0.762. The van der Waals surface area contributed by atoms with Crippen LogP contribution >= 0.6 is 11.8 Å². The molecule has 9 heavy (non-hydrogen) atoms. The molecule has 50 valence electrons. The van der Waals surface area contributed by atoms with E-state index in [4.69, 9.17) is 5.26 Å². The predicted molar refractivity (Wildman–Crippen MR) is 39.4 cm³/mol. The molecular weight excluding hydrogens is 134 g/mol. The van der Waals surface area contributed by atoms with Gasteiger partial charge in [-0.05, 0) is 18.0 Å². The van der Waals surface area contributed by atoms with Crippen molar-refractivity contribution in [3.63, 3.8) is 0 Å². The van der Waals surface area contributed by atoms with Crippen LogP contribution in [0.4, 0.5) is 0 Å². The Kier molecular flexibility index (Phi) is 3.89. The summed E-state index contributed by atoms with van der Waals surface area (Å²) in [7, 11) is 3.77. The summed E-state index contributed by atoms with van der Waals surface area (Å²) < 4.78 is 1.86. The molecule has 1 N–H and O–H groups in total. The molecule has 0 saturated heterocycles. The van der Waals surface area contributed by atoms with Gasteiger partial charge < -0.3 is 0 Å². The minimum atomic E-state index is 0.859. The Labute approximate surface area is 59.4 Å². The van der Waals surface area contributed by atoms with Crippen molar-refractivity contribution >= 4 is 16.9 Å². The van der Waals surface area contributed by atoms with Crippen LogP contribution in [0.1, 0.15) is 0 Å². The van der Waals surface area contributed by atoms with Gasteiger partial charge in [-0.2, -0.15) is 5.32 Å². The van der Waals surface area contributed by atoms with E-state index in [-0.39, 0.29) is 0 Å². The third-order valence-corrected chi connectivity index (χ3v) is 1.62. The fourth-order valence-electron chi connectivity index (χ4n) is 0.393. The zero-order valence-corrected chi connectivity index (χ0v) is 6.62. The number of hydrogen-bond acceptors (Lipinski definition) is 2. The van der Waals surface area contributed by atoms with E-state index >= 15 is 0 Å². The molecule has 0 spiro atoms. The molecule has 3 nitrogen and oxygen atoms in total. The molecule has 0 amide bonds. The fourth-order valence-corrected chi connectivity index (χ4v) is 0.906. The Bertz CT molecular complexity index is 152. The summed E-state index contributed by atoms with van der Waals surface area (Å²) in [5.74, 6) is 0. The summed E-state index contributed by atoms with van der Waals surface area (Å²) in [6.07, 6.45) is 3.77. The number of rotatable bonds is 0. The van der Waals surface area contributed by atoms with E-state index in [0.29, 0.717) is 0 Å². The number of nitriles is 1. The van der Waals surface area contributed by atoms with Crippen molar-refractivity contribution in [2.45, 2.75) is 0 Å². The van der Waals surface area contributed by atoms with Gasteiger partial charge in [0, 0.05) is 0 Å². The van der Waals surface area contributed by atoms with Crippen LogP contribution in [0.25, 0.3) is 0 Å². The van der Waals surface area contributed by atoms with Crippen LogP contribution in [-0.2, 0) is 0 Å². The average Bonchev–Trinajstić information content (AvgIpc) is 1.82. The first-order chi connectivity index (χ1) is 4.22. The smallest absolute Gasteiger partial charge is 0.261 e. The molecule has 4 heteroatoms. The second-order valence-corrected chi connectivity index (χ2v) is 2.44. The predicted octanol–water partition coefficient (Wildman–Crippen LogP) is 0.0482. The van der Waals surface area contributed by atoms with Gasteiger partial charge in [0.25, 0.3) is 6.19 Å². The molecule has 0 unspecified atom stereocenters. The Morgan fingerprint density at radius 1 is 1.67 bits per heavy atom. The highest BCUT2D eigenvalue weighted by molar-refractivity contribution is 8.13. The second-order valence-electron chi connectivity index (χ2n) is 1.64. The minimum absolute atomic E-state index is 0.859. The first-order valence-corrected chi connectivity index (χ1v) is 3.68. The zero-order valence-electron chi connectivity index (χ0n) is 5.80. The Morgan fingerprint density at radius 3 is 2.33 bits per heavy atom. The molecule has 0 atom stereocenters. The van der Waals surface area contributed by atoms with Gasteiger partial charge in [0.05, 0.1) is 14.1 Å². The minimum Gasteiger partial charge on any atom is -0.261 e. The lowest BCUT2D eigenvalue weighted by atomic mass is 11.0. The van der Waals surface area contributed by atoms with Crippen molar-refractivity contribution in [3.8, 4) is 6.19 Å². The highest BCUT2D eigenvalue weighted by atomic mass is 32.2. The van der Waals surface area contributed by atoms with Crippen molar-refractivity contribution in [2.24, 2.45) is 0 Å². The van der Waals surface area contributed by atoms with E-state index in [0.717, 1.165) is 5.17 Å². The van der Waals surface area contributed by atoms with Crippen LogP contribution in [0.3, 0.4) is 0 Å². The van der Waals surface area contributed by atoms with E-state index in [9.17, 15) is 0 Å². The zero-order chi connectivity index (χ0) is 7.28. The van der Waals surface area contributed by atoms with E-state index < -0.39 is 0 Å². The van der Waals surface area contributed by atoms with Crippen molar-refractivity contribution in [1.82, 2.24) is 5.32 Å². The van der Waals surface area contributed by atoms with Gasteiger partial charge in [0.1, 0.15) is 0 Å². The Balaban J connectivity index is 4.03. The molecule has 0 heterocycles. The number of thioether (sulfide) groups is 1. The summed E-state index contributed by atoms with van der Waals surface area (Å²) in [6, 6.07) is 0. The van der Waals surface area contributed by atoms with E-state index in [1.807, 2.05) is 31.1 Å². The normalized spacial score (nSPS) is 7.78. The molecule has 0 radical (unpaired) electrons. The van der Waals surface area contributed by atoms with Gasteiger partial charge in [-0.1, -0.05) is 0 Å². The van der Waals surface area contributed by atoms with Gasteiger partial charge in [-0.15, -0.1) is 5.26 Å². The molecule has 0 aliphatic rings. The number of nitrogens with one attached hydrogen (secondary N) is 1. The fraction of sp³-hybridized carbons (Fsp3) is 0.600. The van der Waals surface area contributed by atoms with Crippen LogP contribution < -0.4 is 5.32 Å². The lowest BCUT2D eigenvalue weighted by molar-refractivity contribution is -0.463. The summed E-state index contributed by atoms with van der Waals surface area (Å²) in [5.41, 5.74) is 0. The molecule has 0 aromatic rings. The number of amidine groups is 1. The van der Waals surface area contributed by atoms with E-state index in [2.05, 4.69) is 5.32 Å². The van der Waals surface area contributed by atoms with Gasteiger partial charge >= 0.3 is 5.17 Å². The average molecular weight is 144 g/mol. The van der Waals surface area contributed by atoms with Crippen molar-refractivity contribution < 1.29 is 4.58 Å². The van der Waals surface area contributed by atoms with Gasteiger partial charge in [0.2, 0.25) is 0 Å². The molecule has 0 saturated carbocycles. The molecule has 0 aromatic heterocycles. The first-order valence-electron chi connectivity index (χ1n) is 2.45. The Hall–Kier alpha value is -0.690. The van der Waals surface area contributed by atoms with Crippen LogP contribution in [0.5, 0.6) is 0 Å². The molecule has 0 aliphatic heterocycles. The number of nitrogens with zero attached hydrogens (tertiary/aromatic N) is 2. The maximum absolute atomic E-state index is 8.19. The van der Waals surface area contributed by atoms with Crippen LogP contribution in [-0.4, -0.2) is 30.1 Å². The number of hydrogen-bond donors (Lipinski definition) is 1. The van der Waals surface area contributed by atoms with E-state index in [1.165, 1.54) is 11.8 Å². The summed E-state index contributed by atoms with van der Waals surface area (Å²) >= 11 is 1.51. The van der Waals surface area contributed by atoms with Crippen LogP contribution in [0, 0.1) is 11.5 Å². The largest absolute Gasteiger partial charge is 0.320 e. The summed E-state index contributed by atoms with van der Waals surface area (Å²) in [4.78, 5) is 0. The van der Waals surface area contributed by atoms with Crippen molar-refractivity contribution in [3.05, 3.63) is 0 Å². The highest BCUT2D eigenvalue weighted by Crippen LogP contribution is 1.90. The molecule has 0 fully saturated rings. The van der Waals surface area contributed by atoms with E-state index in [1.54, 1.807) is 0 Å². The Morgan fingerprint density at radius 2 is 2.22 bits per heavy atom. The monoisotopic (exact) mass is 144 g/mol. The highest BCUT2D eigenvalue weighted by Gasteiger charge is 2.02.